The summed E-state index contributed by atoms with van der Waals surface area (Å²) >= 11 is 1.84. The molecule has 0 spiro atoms. The van der Waals surface area contributed by atoms with Crippen molar-refractivity contribution >= 4 is 34.3 Å². The molecule has 1 aromatic rings. The highest BCUT2D eigenvalue weighted by molar-refractivity contribution is 14.1. The molecule has 0 aliphatic heterocycles. The predicted octanol–water partition coefficient (Wildman–Crippen LogP) is 2.76. The zero-order valence-corrected chi connectivity index (χ0v) is 11.9. The van der Waals surface area contributed by atoms with Crippen molar-refractivity contribution in [1.29, 1.82) is 0 Å². The molecular weight excluding hydrogens is 335 g/mol. The van der Waals surface area contributed by atoms with Gasteiger partial charge in [-0.05, 0) is 34.7 Å². The molecule has 92 valence electrons. The number of rotatable bonds is 3. The minimum Gasteiger partial charge on any atom is -0.506 e. The van der Waals surface area contributed by atoms with Crippen LogP contribution in [0, 0.1) is 9.49 Å². The van der Waals surface area contributed by atoms with Gasteiger partial charge in [0, 0.05) is 12.8 Å². The summed E-state index contributed by atoms with van der Waals surface area (Å²) in [5, 5.41) is 9.89. The lowest BCUT2D eigenvalue weighted by Crippen LogP contribution is -2.09. The molecule has 1 rings (SSSR count). The fourth-order valence-electron chi connectivity index (χ4n) is 1.29. The molecule has 0 aliphatic carbocycles. The van der Waals surface area contributed by atoms with Crippen LogP contribution < -0.4 is 4.74 Å². The highest BCUT2D eigenvalue weighted by atomic mass is 127. The van der Waals surface area contributed by atoms with Crippen LogP contribution in [0.25, 0.3) is 0 Å². The fourth-order valence-corrected chi connectivity index (χ4v) is 1.87. The van der Waals surface area contributed by atoms with Crippen LogP contribution in [-0.2, 0) is 4.79 Å². The molecule has 0 amide bonds. The minimum absolute atomic E-state index is 0.136. The van der Waals surface area contributed by atoms with Crippen molar-refractivity contribution in [3.05, 3.63) is 21.3 Å². The molecule has 0 aromatic heterocycles. The Morgan fingerprint density at radius 2 is 1.94 bits per heavy atom. The van der Waals surface area contributed by atoms with Gasteiger partial charge in [0.25, 0.3) is 0 Å². The summed E-state index contributed by atoms with van der Waals surface area (Å²) < 4.78 is 5.27. The summed E-state index contributed by atoms with van der Waals surface area (Å²) in [4.78, 5) is 22.6. The molecule has 0 unspecified atom stereocenters. The van der Waals surface area contributed by atoms with Gasteiger partial charge in [-0.25, -0.2) is 0 Å². The number of halogens is 1. The summed E-state index contributed by atoms with van der Waals surface area (Å²) in [5.41, 5.74) is 0.250. The van der Waals surface area contributed by atoms with Crippen LogP contribution in [0.4, 0.5) is 0 Å². The molecule has 4 nitrogen and oxygen atoms in total. The number of phenols is 1. The van der Waals surface area contributed by atoms with Crippen molar-refractivity contribution in [2.24, 2.45) is 5.92 Å². The number of benzene rings is 1. The van der Waals surface area contributed by atoms with E-state index in [2.05, 4.69) is 0 Å². The van der Waals surface area contributed by atoms with Gasteiger partial charge in [0.1, 0.15) is 11.5 Å². The monoisotopic (exact) mass is 348 g/mol. The second-order valence-corrected chi connectivity index (χ2v) is 4.97. The number of ketones is 1. The number of carbonyl (C=O) groups is 2. The second-order valence-electron chi connectivity index (χ2n) is 3.89. The average Bonchev–Trinajstić information content (AvgIpc) is 2.23. The van der Waals surface area contributed by atoms with E-state index < -0.39 is 5.97 Å². The van der Waals surface area contributed by atoms with Crippen LogP contribution in [0.1, 0.15) is 31.1 Å². The standard InChI is InChI=1S/C12H13IO4/c1-6(2)11(15)8-4-5-9(17-7(3)14)10(13)12(8)16/h4-6,16H,1-3H3. The molecule has 0 bridgehead atoms. The average molecular weight is 348 g/mol. The Balaban J connectivity index is 3.19. The molecule has 0 radical (unpaired) electrons. The zero-order chi connectivity index (χ0) is 13.2. The number of esters is 1. The number of carbonyl (C=O) groups excluding carboxylic acids is 2. The Kier molecular flexibility index (Phi) is 4.50. The van der Waals surface area contributed by atoms with Gasteiger partial charge in [-0.3, -0.25) is 9.59 Å². The quantitative estimate of drug-likeness (QED) is 0.395. The first-order valence-corrected chi connectivity index (χ1v) is 6.16. The molecule has 0 heterocycles. The van der Waals surface area contributed by atoms with Gasteiger partial charge in [-0.2, -0.15) is 0 Å². The first kappa shape index (κ1) is 14.0. The van der Waals surface area contributed by atoms with E-state index in [1.807, 2.05) is 22.6 Å². The van der Waals surface area contributed by atoms with E-state index in [-0.39, 0.29) is 28.8 Å². The van der Waals surface area contributed by atoms with Crippen molar-refractivity contribution in [3.63, 3.8) is 0 Å². The molecule has 1 aromatic carbocycles. The Bertz CT molecular complexity index is 466. The van der Waals surface area contributed by atoms with Crippen molar-refractivity contribution in [2.45, 2.75) is 20.8 Å². The van der Waals surface area contributed by atoms with Crippen LogP contribution in [0.3, 0.4) is 0 Å². The summed E-state index contributed by atoms with van der Waals surface area (Å²) in [7, 11) is 0. The van der Waals surface area contributed by atoms with Crippen LogP contribution in [0.15, 0.2) is 12.1 Å². The smallest absolute Gasteiger partial charge is 0.308 e. The molecule has 0 atom stereocenters. The van der Waals surface area contributed by atoms with Gasteiger partial charge in [0.15, 0.2) is 5.78 Å². The highest BCUT2D eigenvalue weighted by Crippen LogP contribution is 2.33. The third-order valence-electron chi connectivity index (χ3n) is 2.12. The number of phenolic OH excluding ortho intramolecular Hbond substituents is 1. The van der Waals surface area contributed by atoms with Gasteiger partial charge in [0.2, 0.25) is 0 Å². The van der Waals surface area contributed by atoms with Gasteiger partial charge in [-0.1, -0.05) is 13.8 Å². The summed E-state index contributed by atoms with van der Waals surface area (Å²) in [6, 6.07) is 2.98. The van der Waals surface area contributed by atoms with E-state index in [1.165, 1.54) is 19.1 Å². The van der Waals surface area contributed by atoms with E-state index >= 15 is 0 Å². The van der Waals surface area contributed by atoms with E-state index in [9.17, 15) is 14.7 Å². The van der Waals surface area contributed by atoms with Crippen molar-refractivity contribution in [1.82, 2.24) is 0 Å². The third kappa shape index (κ3) is 3.18. The van der Waals surface area contributed by atoms with Crippen LogP contribution in [-0.4, -0.2) is 16.9 Å². The Hall–Kier alpha value is -1.11. The fraction of sp³-hybridized carbons (Fsp3) is 0.333. The SMILES string of the molecule is CC(=O)Oc1ccc(C(=O)C(C)C)c(O)c1I. The first-order chi connectivity index (χ1) is 7.84. The maximum atomic E-state index is 11.8. The molecular formula is C12H13IO4. The van der Waals surface area contributed by atoms with E-state index in [0.717, 1.165) is 0 Å². The lowest BCUT2D eigenvalue weighted by Gasteiger charge is -2.11. The number of hydrogen-bond acceptors (Lipinski definition) is 4. The number of ether oxygens (including phenoxy) is 1. The molecule has 0 saturated carbocycles. The topological polar surface area (TPSA) is 63.6 Å². The van der Waals surface area contributed by atoms with Crippen molar-refractivity contribution < 1.29 is 19.4 Å². The van der Waals surface area contributed by atoms with E-state index in [0.29, 0.717) is 3.57 Å². The second kappa shape index (κ2) is 5.48. The Morgan fingerprint density at radius 3 is 2.41 bits per heavy atom. The molecule has 0 fully saturated rings. The van der Waals surface area contributed by atoms with E-state index in [1.54, 1.807) is 13.8 Å². The number of aromatic hydroxyl groups is 1. The lowest BCUT2D eigenvalue weighted by molar-refractivity contribution is -0.131. The Labute approximate surface area is 113 Å². The molecule has 5 heteroatoms. The van der Waals surface area contributed by atoms with Gasteiger partial charge in [0.05, 0.1) is 9.13 Å². The van der Waals surface area contributed by atoms with Crippen molar-refractivity contribution in [3.8, 4) is 11.5 Å². The van der Waals surface area contributed by atoms with E-state index in [4.69, 9.17) is 4.74 Å². The van der Waals surface area contributed by atoms with Crippen LogP contribution in [0.2, 0.25) is 0 Å². The minimum atomic E-state index is -0.467. The van der Waals surface area contributed by atoms with Gasteiger partial charge in [-0.15, -0.1) is 0 Å². The molecule has 0 aliphatic rings. The maximum Gasteiger partial charge on any atom is 0.308 e. The lowest BCUT2D eigenvalue weighted by atomic mass is 10.0. The van der Waals surface area contributed by atoms with Gasteiger partial charge >= 0.3 is 5.97 Å². The third-order valence-corrected chi connectivity index (χ3v) is 3.17. The number of hydrogen-bond donors (Lipinski definition) is 1. The predicted molar refractivity (Wildman–Crippen MR) is 71.3 cm³/mol. The summed E-state index contributed by atoms with van der Waals surface area (Å²) in [6.45, 7) is 4.80. The summed E-state index contributed by atoms with van der Waals surface area (Å²) in [5.74, 6) is -0.685. The maximum absolute atomic E-state index is 11.8. The first-order valence-electron chi connectivity index (χ1n) is 5.08. The van der Waals surface area contributed by atoms with Crippen LogP contribution >= 0.6 is 22.6 Å². The largest absolute Gasteiger partial charge is 0.506 e. The normalized spacial score (nSPS) is 10.4. The van der Waals surface area contributed by atoms with Gasteiger partial charge < -0.3 is 9.84 Å². The summed E-state index contributed by atoms with van der Waals surface area (Å²) in [6.07, 6.45) is 0. The molecule has 1 N–H and O–H groups in total. The highest BCUT2D eigenvalue weighted by Gasteiger charge is 2.19. The molecule has 17 heavy (non-hydrogen) atoms. The number of Topliss-reactive ketones (excluding diaryl/α,β-unsaturated/α-hetero) is 1. The zero-order valence-electron chi connectivity index (χ0n) is 9.78. The van der Waals surface area contributed by atoms with Crippen LogP contribution in [0.5, 0.6) is 11.5 Å². The van der Waals surface area contributed by atoms with Crippen molar-refractivity contribution in [2.75, 3.05) is 0 Å². The molecule has 0 saturated heterocycles. The Morgan fingerprint density at radius 1 is 1.35 bits per heavy atom.